The summed E-state index contributed by atoms with van der Waals surface area (Å²) in [6.45, 7) is -1.97. The van der Waals surface area contributed by atoms with Gasteiger partial charge in [0.05, 0.1) is 10.0 Å². The predicted octanol–water partition coefficient (Wildman–Crippen LogP) is 3.91. The molecule has 0 unspecified atom stereocenters. The van der Waals surface area contributed by atoms with Gasteiger partial charge in [-0.25, -0.2) is 0 Å². The van der Waals surface area contributed by atoms with Gasteiger partial charge in [0, 0.05) is 5.02 Å². The number of hydrogen-bond donors (Lipinski definition) is 0. The molecule has 102 valence electrons. The summed E-state index contributed by atoms with van der Waals surface area (Å²) in [5.74, 6) is 0. The van der Waals surface area contributed by atoms with Crippen LogP contribution >= 0.6 is 34.8 Å². The number of hydrogen-bond acceptors (Lipinski definition) is 3. The van der Waals surface area contributed by atoms with Gasteiger partial charge in [-0.15, -0.1) is 0 Å². The quantitative estimate of drug-likeness (QED) is 0.782. The van der Waals surface area contributed by atoms with Crippen molar-refractivity contribution in [1.82, 2.24) is 0 Å². The molecule has 0 aliphatic heterocycles. The van der Waals surface area contributed by atoms with Gasteiger partial charge in [-0.05, 0) is 12.1 Å². The Morgan fingerprint density at radius 3 is 1.94 bits per heavy atom. The van der Waals surface area contributed by atoms with Gasteiger partial charge in [0.1, 0.15) is 4.90 Å². The lowest BCUT2D eigenvalue weighted by atomic mass is 10.4. The summed E-state index contributed by atoms with van der Waals surface area (Å²) in [6.07, 6.45) is -4.79. The van der Waals surface area contributed by atoms with E-state index in [1.165, 1.54) is 0 Å². The van der Waals surface area contributed by atoms with E-state index < -0.39 is 37.8 Å². The third-order valence-electron chi connectivity index (χ3n) is 1.59. The van der Waals surface area contributed by atoms with Crippen LogP contribution in [-0.2, 0) is 14.3 Å². The minimum absolute atomic E-state index is 0.0415. The second-order valence-electron chi connectivity index (χ2n) is 3.03. The molecule has 1 aromatic rings. The van der Waals surface area contributed by atoms with Crippen molar-refractivity contribution < 1.29 is 25.8 Å². The van der Waals surface area contributed by atoms with E-state index in [1.807, 2.05) is 0 Å². The van der Waals surface area contributed by atoms with Gasteiger partial charge in [-0.2, -0.15) is 21.6 Å². The summed E-state index contributed by atoms with van der Waals surface area (Å²) in [6, 6.07) is 2.05. The van der Waals surface area contributed by atoms with Crippen molar-refractivity contribution in [1.29, 1.82) is 0 Å². The Morgan fingerprint density at radius 1 is 1.11 bits per heavy atom. The second-order valence-corrected chi connectivity index (χ2v) is 5.83. The highest BCUT2D eigenvalue weighted by molar-refractivity contribution is 7.87. The van der Waals surface area contributed by atoms with E-state index in [1.54, 1.807) is 0 Å². The Labute approximate surface area is 116 Å². The molecule has 0 aromatic heterocycles. The van der Waals surface area contributed by atoms with Crippen molar-refractivity contribution >= 4 is 44.9 Å². The van der Waals surface area contributed by atoms with Gasteiger partial charge >= 0.3 is 6.18 Å². The average molecular weight is 344 g/mol. The summed E-state index contributed by atoms with van der Waals surface area (Å²) in [7, 11) is -4.71. The number of halogens is 6. The van der Waals surface area contributed by atoms with Crippen molar-refractivity contribution in [2.75, 3.05) is 6.61 Å². The second kappa shape index (κ2) is 5.42. The molecular formula is C8H4Cl3F3O3S. The molecule has 0 atom stereocenters. The average Bonchev–Trinajstić information content (AvgIpc) is 2.11. The lowest BCUT2D eigenvalue weighted by Crippen LogP contribution is -2.21. The number of benzene rings is 1. The summed E-state index contributed by atoms with van der Waals surface area (Å²) in [5, 5.41) is -0.802. The smallest absolute Gasteiger partial charge is 0.257 e. The molecule has 1 aromatic carbocycles. The first-order valence-electron chi connectivity index (χ1n) is 4.13. The minimum Gasteiger partial charge on any atom is -0.257 e. The van der Waals surface area contributed by atoms with Crippen molar-refractivity contribution in [3.63, 3.8) is 0 Å². The molecule has 18 heavy (non-hydrogen) atoms. The molecule has 0 aliphatic carbocycles. The summed E-state index contributed by atoms with van der Waals surface area (Å²) in [5.41, 5.74) is 0. The predicted molar refractivity (Wildman–Crippen MR) is 60.7 cm³/mol. The molecule has 0 fully saturated rings. The van der Waals surface area contributed by atoms with E-state index in [0.29, 0.717) is 0 Å². The summed E-state index contributed by atoms with van der Waals surface area (Å²) >= 11 is 16.7. The lowest BCUT2D eigenvalue weighted by molar-refractivity contribution is -0.152. The lowest BCUT2D eigenvalue weighted by Gasteiger charge is -2.10. The highest BCUT2D eigenvalue weighted by Gasteiger charge is 2.33. The van der Waals surface area contributed by atoms with Gasteiger partial charge < -0.3 is 0 Å². The molecule has 0 amide bonds. The fourth-order valence-corrected chi connectivity index (χ4v) is 3.36. The first kappa shape index (κ1) is 15.8. The summed E-state index contributed by atoms with van der Waals surface area (Å²) in [4.78, 5) is -0.750. The highest BCUT2D eigenvalue weighted by Crippen LogP contribution is 2.34. The highest BCUT2D eigenvalue weighted by atomic mass is 35.5. The van der Waals surface area contributed by atoms with Gasteiger partial charge in [0.2, 0.25) is 0 Å². The van der Waals surface area contributed by atoms with E-state index >= 15 is 0 Å². The van der Waals surface area contributed by atoms with Crippen LogP contribution in [0.4, 0.5) is 13.2 Å². The standard InChI is InChI=1S/C8H4Cl3F3O3S/c9-4-1-5(10)7(6(11)2-4)18(15,16)17-3-8(12,13)14/h1-2H,3H2. The molecule has 10 heteroatoms. The maximum atomic E-state index is 11.9. The Balaban J connectivity index is 3.14. The first-order chi connectivity index (χ1) is 8.03. The Bertz CT molecular complexity index is 533. The van der Waals surface area contributed by atoms with E-state index in [-0.39, 0.29) is 5.02 Å². The van der Waals surface area contributed by atoms with E-state index in [9.17, 15) is 21.6 Å². The first-order valence-corrected chi connectivity index (χ1v) is 6.68. The van der Waals surface area contributed by atoms with Crippen LogP contribution in [-0.4, -0.2) is 21.2 Å². The van der Waals surface area contributed by atoms with Gasteiger partial charge in [-0.3, -0.25) is 4.18 Å². The van der Waals surface area contributed by atoms with Crippen LogP contribution in [0.5, 0.6) is 0 Å². The summed E-state index contributed by atoms with van der Waals surface area (Å²) < 4.78 is 62.5. The van der Waals surface area contributed by atoms with Crippen molar-refractivity contribution in [3.05, 3.63) is 27.2 Å². The van der Waals surface area contributed by atoms with E-state index in [4.69, 9.17) is 34.8 Å². The van der Waals surface area contributed by atoms with Crippen molar-refractivity contribution in [3.8, 4) is 0 Å². The van der Waals surface area contributed by atoms with E-state index in [2.05, 4.69) is 4.18 Å². The maximum absolute atomic E-state index is 11.9. The minimum atomic E-state index is -4.79. The Morgan fingerprint density at radius 2 is 1.56 bits per heavy atom. The SMILES string of the molecule is O=S(=O)(OCC(F)(F)F)c1c(Cl)cc(Cl)cc1Cl. The Hall–Kier alpha value is -0.210. The molecule has 0 saturated carbocycles. The van der Waals surface area contributed by atoms with Crippen LogP contribution < -0.4 is 0 Å². The fourth-order valence-electron chi connectivity index (χ4n) is 0.971. The topological polar surface area (TPSA) is 43.4 Å². The molecule has 1 rings (SSSR count). The van der Waals surface area contributed by atoms with Crippen LogP contribution in [0.2, 0.25) is 15.1 Å². The maximum Gasteiger partial charge on any atom is 0.413 e. The zero-order valence-electron chi connectivity index (χ0n) is 8.26. The third kappa shape index (κ3) is 4.17. The van der Waals surface area contributed by atoms with Crippen molar-refractivity contribution in [2.45, 2.75) is 11.1 Å². The molecular weight excluding hydrogens is 340 g/mol. The van der Waals surface area contributed by atoms with Crippen LogP contribution in [0.15, 0.2) is 17.0 Å². The number of alkyl halides is 3. The van der Waals surface area contributed by atoms with Gasteiger partial charge in [0.25, 0.3) is 10.1 Å². The molecule has 0 spiro atoms. The zero-order chi connectivity index (χ0) is 14.1. The molecule has 0 N–H and O–H groups in total. The third-order valence-corrected chi connectivity index (χ3v) is 4.00. The zero-order valence-corrected chi connectivity index (χ0v) is 11.3. The molecule has 0 heterocycles. The molecule has 0 radical (unpaired) electrons. The number of rotatable bonds is 3. The van der Waals surface area contributed by atoms with E-state index in [0.717, 1.165) is 12.1 Å². The molecule has 0 aliphatic rings. The monoisotopic (exact) mass is 342 g/mol. The normalized spacial score (nSPS) is 12.8. The van der Waals surface area contributed by atoms with Gasteiger partial charge in [0.15, 0.2) is 6.61 Å². The fraction of sp³-hybridized carbons (Fsp3) is 0.250. The Kier molecular flexibility index (Phi) is 4.77. The largest absolute Gasteiger partial charge is 0.413 e. The molecule has 3 nitrogen and oxygen atoms in total. The van der Waals surface area contributed by atoms with Crippen LogP contribution in [0.25, 0.3) is 0 Å². The molecule has 0 bridgehead atoms. The van der Waals surface area contributed by atoms with Gasteiger partial charge in [-0.1, -0.05) is 34.8 Å². The molecule has 0 saturated heterocycles. The van der Waals surface area contributed by atoms with Crippen molar-refractivity contribution in [2.24, 2.45) is 0 Å². The van der Waals surface area contributed by atoms with Crippen LogP contribution in [0, 0.1) is 0 Å². The van der Waals surface area contributed by atoms with Crippen LogP contribution in [0.3, 0.4) is 0 Å². The van der Waals surface area contributed by atoms with Crippen LogP contribution in [0.1, 0.15) is 0 Å².